The van der Waals surface area contributed by atoms with Gasteiger partial charge in [0, 0.05) is 5.39 Å². The van der Waals surface area contributed by atoms with Crippen LogP contribution in [0, 0.1) is 0 Å². The van der Waals surface area contributed by atoms with Crippen molar-refractivity contribution in [2.24, 2.45) is 20.5 Å². The molecule has 0 saturated heterocycles. The van der Waals surface area contributed by atoms with Gasteiger partial charge in [0.05, 0.1) is 27.8 Å². The molecule has 0 amide bonds. The Morgan fingerprint density at radius 2 is 1.72 bits per heavy atom. The molecule has 3 N–H and O–H groups in total. The van der Waals surface area contributed by atoms with Crippen molar-refractivity contribution >= 4 is 32.4 Å². The van der Waals surface area contributed by atoms with Gasteiger partial charge in [0.25, 0.3) is 10.1 Å². The van der Waals surface area contributed by atoms with Gasteiger partial charge in [0.1, 0.15) is 0 Å². The molecule has 0 radical (unpaired) electrons. The molecule has 0 aliphatic heterocycles. The Morgan fingerprint density at radius 3 is 2.41 bits per heavy atom. The molecule has 162 valence electrons. The molecular weight excluding hydrogens is 434 g/mol. The molecule has 1 heterocycles. The van der Waals surface area contributed by atoms with Crippen molar-refractivity contribution in [3.8, 4) is 11.6 Å². The Labute approximate surface area is 182 Å². The lowest BCUT2D eigenvalue weighted by Gasteiger charge is -2.08. The maximum atomic E-state index is 11.1. The lowest BCUT2D eigenvalue weighted by atomic mass is 10.1. The van der Waals surface area contributed by atoms with Crippen LogP contribution in [0.1, 0.15) is 6.42 Å². The third-order valence-corrected chi connectivity index (χ3v) is 5.47. The van der Waals surface area contributed by atoms with Crippen LogP contribution >= 0.6 is 0 Å². The molecule has 2 aromatic carbocycles. The van der Waals surface area contributed by atoms with Crippen LogP contribution in [0.4, 0.5) is 11.4 Å². The maximum Gasteiger partial charge on any atom is 0.294 e. The van der Waals surface area contributed by atoms with E-state index in [-0.39, 0.29) is 22.4 Å². The van der Waals surface area contributed by atoms with E-state index in [1.54, 1.807) is 42.5 Å². The number of pyridine rings is 1. The fourth-order valence-electron chi connectivity index (χ4n) is 2.95. The molecule has 1 atom stereocenters. The van der Waals surface area contributed by atoms with Crippen LogP contribution in [0.5, 0.6) is 11.6 Å². The molecule has 10 nitrogen and oxygen atoms in total. The largest absolute Gasteiger partial charge is 0.505 e. The highest BCUT2D eigenvalue weighted by atomic mass is 32.2. The standard InChI is InChI=1S/C21H17N5O5S/c27-20-17-3-1-2-4-18(17)22-21(28)19(20)26-25-14-7-5-13(6-8-14)23-24-15-9-11-16(12-10-15)32(29,30)31/h1-5,7-13H,6H2,(H2,22,27,28)(H,29,30,31)/b24-23+,26-25+. The van der Waals surface area contributed by atoms with E-state index in [1.807, 2.05) is 0 Å². The third kappa shape index (κ3) is 4.68. The Morgan fingerprint density at radius 1 is 0.969 bits per heavy atom. The van der Waals surface area contributed by atoms with Gasteiger partial charge in [-0.3, -0.25) is 4.55 Å². The second-order valence-electron chi connectivity index (χ2n) is 6.83. The predicted molar refractivity (Wildman–Crippen MR) is 116 cm³/mol. The van der Waals surface area contributed by atoms with Crippen LogP contribution in [0.25, 0.3) is 10.9 Å². The molecule has 3 aromatic rings. The SMILES string of the molecule is O=S(=O)(O)c1ccc(/N=N/C2C=CC(/N=N/c3c(O)nc4ccccc4c3O)=CC2)cc1. The lowest BCUT2D eigenvalue weighted by molar-refractivity contribution is 0.442. The molecular formula is C21H17N5O5S. The summed E-state index contributed by atoms with van der Waals surface area (Å²) >= 11 is 0. The molecule has 0 fully saturated rings. The molecule has 11 heteroatoms. The number of para-hydroxylation sites is 1. The second kappa shape index (κ2) is 8.65. The van der Waals surface area contributed by atoms with E-state index in [4.69, 9.17) is 4.55 Å². The molecule has 32 heavy (non-hydrogen) atoms. The number of fused-ring (bicyclic) bond motifs is 1. The average Bonchev–Trinajstić information content (AvgIpc) is 2.78. The first-order chi connectivity index (χ1) is 15.3. The molecule has 0 bridgehead atoms. The Balaban J connectivity index is 1.43. The van der Waals surface area contributed by atoms with Gasteiger partial charge in [-0.15, -0.1) is 5.11 Å². The monoisotopic (exact) mass is 451 g/mol. The Kier molecular flexibility index (Phi) is 5.75. The lowest BCUT2D eigenvalue weighted by Crippen LogP contribution is -2.01. The quantitative estimate of drug-likeness (QED) is 0.367. The van der Waals surface area contributed by atoms with Gasteiger partial charge in [-0.25, -0.2) is 4.98 Å². The summed E-state index contributed by atoms with van der Waals surface area (Å²) in [6.07, 6.45) is 5.71. The highest BCUT2D eigenvalue weighted by Gasteiger charge is 2.14. The summed E-state index contributed by atoms with van der Waals surface area (Å²) in [5.41, 5.74) is 1.28. The van der Waals surface area contributed by atoms with E-state index in [0.717, 1.165) is 0 Å². The fraction of sp³-hybridized carbons (Fsp3) is 0.0952. The number of aromatic hydroxyl groups is 2. The molecule has 4 rings (SSSR count). The normalized spacial score (nSPS) is 16.8. The van der Waals surface area contributed by atoms with Crippen molar-refractivity contribution in [3.63, 3.8) is 0 Å². The van der Waals surface area contributed by atoms with Gasteiger partial charge < -0.3 is 10.2 Å². The summed E-state index contributed by atoms with van der Waals surface area (Å²) < 4.78 is 31.1. The minimum absolute atomic E-state index is 0.117. The number of benzene rings is 2. The fourth-order valence-corrected chi connectivity index (χ4v) is 3.43. The Bertz CT molecular complexity index is 1400. The highest BCUT2D eigenvalue weighted by Crippen LogP contribution is 2.40. The van der Waals surface area contributed by atoms with Crippen molar-refractivity contribution in [1.29, 1.82) is 0 Å². The van der Waals surface area contributed by atoms with Gasteiger partial charge >= 0.3 is 0 Å². The zero-order valence-corrected chi connectivity index (χ0v) is 17.3. The summed E-state index contributed by atoms with van der Waals surface area (Å²) in [5, 5.41) is 37.1. The van der Waals surface area contributed by atoms with Crippen LogP contribution in [0.15, 0.2) is 97.8 Å². The Hall–Kier alpha value is -3.96. The van der Waals surface area contributed by atoms with E-state index in [1.165, 1.54) is 24.3 Å². The predicted octanol–water partition coefficient (Wildman–Crippen LogP) is 4.97. The van der Waals surface area contributed by atoms with E-state index < -0.39 is 16.0 Å². The first-order valence-corrected chi connectivity index (χ1v) is 10.8. The summed E-state index contributed by atoms with van der Waals surface area (Å²) in [7, 11) is -4.25. The van der Waals surface area contributed by atoms with E-state index in [2.05, 4.69) is 25.4 Å². The van der Waals surface area contributed by atoms with Gasteiger partial charge in [-0.05, 0) is 48.9 Å². The summed E-state index contributed by atoms with van der Waals surface area (Å²) in [6, 6.07) is 11.9. The van der Waals surface area contributed by atoms with Crippen LogP contribution < -0.4 is 0 Å². The summed E-state index contributed by atoms with van der Waals surface area (Å²) in [4.78, 5) is 3.80. The molecule has 1 aliphatic rings. The minimum Gasteiger partial charge on any atom is -0.505 e. The first kappa shape index (κ1) is 21.3. The van der Waals surface area contributed by atoms with Crippen molar-refractivity contribution in [3.05, 3.63) is 72.5 Å². The van der Waals surface area contributed by atoms with Crippen LogP contribution in [0.2, 0.25) is 0 Å². The van der Waals surface area contributed by atoms with Crippen LogP contribution in [0.3, 0.4) is 0 Å². The number of hydrogen-bond donors (Lipinski definition) is 3. The molecule has 1 unspecified atom stereocenters. The molecule has 0 saturated carbocycles. The number of azo groups is 2. The molecule has 0 spiro atoms. The van der Waals surface area contributed by atoms with Crippen molar-refractivity contribution < 1.29 is 23.2 Å². The maximum absolute atomic E-state index is 11.1. The molecule has 1 aromatic heterocycles. The van der Waals surface area contributed by atoms with Gasteiger partial charge in [0.2, 0.25) is 5.88 Å². The number of rotatable bonds is 5. The van der Waals surface area contributed by atoms with Gasteiger partial charge in [-0.2, -0.15) is 23.8 Å². The van der Waals surface area contributed by atoms with Crippen LogP contribution in [-0.4, -0.2) is 34.2 Å². The summed E-state index contributed by atoms with van der Waals surface area (Å²) in [5.74, 6) is -0.624. The highest BCUT2D eigenvalue weighted by molar-refractivity contribution is 7.85. The first-order valence-electron chi connectivity index (χ1n) is 9.40. The average molecular weight is 451 g/mol. The third-order valence-electron chi connectivity index (χ3n) is 4.60. The van der Waals surface area contributed by atoms with E-state index in [0.29, 0.717) is 28.7 Å². The smallest absolute Gasteiger partial charge is 0.294 e. The zero-order chi connectivity index (χ0) is 22.7. The molecule has 1 aliphatic carbocycles. The zero-order valence-electron chi connectivity index (χ0n) is 16.4. The van der Waals surface area contributed by atoms with E-state index in [9.17, 15) is 18.6 Å². The minimum atomic E-state index is -4.25. The van der Waals surface area contributed by atoms with Crippen molar-refractivity contribution in [2.75, 3.05) is 0 Å². The van der Waals surface area contributed by atoms with Crippen molar-refractivity contribution in [1.82, 2.24) is 4.98 Å². The number of hydrogen-bond acceptors (Lipinski definition) is 9. The van der Waals surface area contributed by atoms with Crippen LogP contribution in [-0.2, 0) is 10.1 Å². The topological polar surface area (TPSA) is 157 Å². The van der Waals surface area contributed by atoms with E-state index >= 15 is 0 Å². The van der Waals surface area contributed by atoms with Gasteiger partial charge in [-0.1, -0.05) is 24.3 Å². The number of nitrogens with zero attached hydrogens (tertiary/aromatic N) is 5. The number of allylic oxidation sites excluding steroid dienone is 1. The van der Waals surface area contributed by atoms with Gasteiger partial charge in [0.15, 0.2) is 11.4 Å². The number of aromatic nitrogens is 1. The second-order valence-corrected chi connectivity index (χ2v) is 8.25. The van der Waals surface area contributed by atoms with Crippen molar-refractivity contribution in [2.45, 2.75) is 17.4 Å². The summed E-state index contributed by atoms with van der Waals surface area (Å²) in [6.45, 7) is 0.